The number of hydrogen-bond acceptors (Lipinski definition) is 3. The van der Waals surface area contributed by atoms with Crippen LogP contribution in [-0.2, 0) is 12.3 Å². The van der Waals surface area contributed by atoms with E-state index in [-0.39, 0.29) is 5.91 Å². The highest BCUT2D eigenvalue weighted by atomic mass is 32.2. The molecule has 1 N–H and O–H groups in total. The summed E-state index contributed by atoms with van der Waals surface area (Å²) in [6.45, 7) is 2.53. The molecule has 1 amide bonds. The molecule has 0 fully saturated rings. The summed E-state index contributed by atoms with van der Waals surface area (Å²) < 4.78 is 5.40. The first kappa shape index (κ1) is 16.4. The minimum atomic E-state index is -0.177. The van der Waals surface area contributed by atoms with Crippen LogP contribution in [0.25, 0.3) is 0 Å². The SMILES string of the molecule is Cc1ccc(CNC(=O)c2occc2CSc2ccccc2)cc1. The van der Waals surface area contributed by atoms with Crippen molar-refractivity contribution in [1.82, 2.24) is 5.32 Å². The largest absolute Gasteiger partial charge is 0.459 e. The quantitative estimate of drug-likeness (QED) is 0.656. The monoisotopic (exact) mass is 337 g/mol. The molecule has 0 aliphatic heterocycles. The van der Waals surface area contributed by atoms with Crippen molar-refractivity contribution in [2.45, 2.75) is 24.1 Å². The lowest BCUT2D eigenvalue weighted by Gasteiger charge is -2.06. The molecular formula is C20H19NO2S. The topological polar surface area (TPSA) is 42.2 Å². The molecule has 1 aromatic heterocycles. The van der Waals surface area contributed by atoms with Gasteiger partial charge in [-0.15, -0.1) is 11.8 Å². The standard InChI is InChI=1S/C20H19NO2S/c1-15-7-9-16(10-8-15)13-21-20(22)19-17(11-12-23-19)14-24-18-5-3-2-4-6-18/h2-12H,13-14H2,1H3,(H,21,22). The van der Waals surface area contributed by atoms with Gasteiger partial charge in [-0.05, 0) is 30.7 Å². The van der Waals surface area contributed by atoms with Gasteiger partial charge in [0, 0.05) is 22.8 Å². The van der Waals surface area contributed by atoms with Crippen molar-refractivity contribution in [3.63, 3.8) is 0 Å². The predicted molar refractivity (Wildman–Crippen MR) is 97.1 cm³/mol. The van der Waals surface area contributed by atoms with Crippen LogP contribution in [0.2, 0.25) is 0 Å². The van der Waals surface area contributed by atoms with E-state index in [2.05, 4.69) is 17.4 Å². The Kier molecular flexibility index (Phi) is 5.39. The average Bonchev–Trinajstić information content (AvgIpc) is 3.09. The third kappa shape index (κ3) is 4.30. The first-order valence-corrected chi connectivity index (χ1v) is 8.79. The third-order valence-corrected chi connectivity index (χ3v) is 4.73. The molecule has 4 heteroatoms. The zero-order valence-corrected chi connectivity index (χ0v) is 14.3. The lowest BCUT2D eigenvalue weighted by Crippen LogP contribution is -2.23. The van der Waals surface area contributed by atoms with Crippen LogP contribution in [0.4, 0.5) is 0 Å². The molecule has 3 rings (SSSR count). The van der Waals surface area contributed by atoms with Gasteiger partial charge in [-0.3, -0.25) is 4.79 Å². The summed E-state index contributed by atoms with van der Waals surface area (Å²) >= 11 is 1.69. The Hall–Kier alpha value is -2.46. The number of benzene rings is 2. The number of thioether (sulfide) groups is 1. The van der Waals surface area contributed by atoms with Gasteiger partial charge in [0.25, 0.3) is 5.91 Å². The van der Waals surface area contributed by atoms with E-state index in [1.54, 1.807) is 18.0 Å². The lowest BCUT2D eigenvalue weighted by atomic mass is 10.1. The highest BCUT2D eigenvalue weighted by Crippen LogP contribution is 2.24. The molecule has 2 aromatic carbocycles. The van der Waals surface area contributed by atoms with E-state index in [1.807, 2.05) is 55.5 Å². The highest BCUT2D eigenvalue weighted by molar-refractivity contribution is 7.98. The van der Waals surface area contributed by atoms with Gasteiger partial charge in [0.15, 0.2) is 5.76 Å². The first-order valence-electron chi connectivity index (χ1n) is 7.80. The summed E-state index contributed by atoms with van der Waals surface area (Å²) in [5.41, 5.74) is 3.18. The van der Waals surface area contributed by atoms with Crippen molar-refractivity contribution in [2.75, 3.05) is 0 Å². The van der Waals surface area contributed by atoms with Gasteiger partial charge in [-0.25, -0.2) is 0 Å². The van der Waals surface area contributed by atoms with Crippen molar-refractivity contribution < 1.29 is 9.21 Å². The summed E-state index contributed by atoms with van der Waals surface area (Å²) in [4.78, 5) is 13.5. The van der Waals surface area contributed by atoms with Crippen molar-refractivity contribution in [1.29, 1.82) is 0 Å². The maximum absolute atomic E-state index is 12.4. The zero-order valence-electron chi connectivity index (χ0n) is 13.5. The Labute approximate surface area is 146 Å². The fourth-order valence-electron chi connectivity index (χ4n) is 2.29. The molecule has 0 radical (unpaired) electrons. The summed E-state index contributed by atoms with van der Waals surface area (Å²) in [7, 11) is 0. The summed E-state index contributed by atoms with van der Waals surface area (Å²) in [5, 5.41) is 2.92. The van der Waals surface area contributed by atoms with Gasteiger partial charge in [0.2, 0.25) is 0 Å². The molecule has 0 saturated carbocycles. The molecule has 0 atom stereocenters. The summed E-state index contributed by atoms with van der Waals surface area (Å²) in [6, 6.07) is 20.1. The van der Waals surface area contributed by atoms with Crippen LogP contribution in [0.15, 0.2) is 76.2 Å². The lowest BCUT2D eigenvalue weighted by molar-refractivity contribution is 0.0922. The third-order valence-electron chi connectivity index (χ3n) is 3.66. The van der Waals surface area contributed by atoms with Crippen LogP contribution in [0.1, 0.15) is 27.2 Å². The van der Waals surface area contributed by atoms with Crippen LogP contribution in [0.5, 0.6) is 0 Å². The Balaban J connectivity index is 1.59. The van der Waals surface area contributed by atoms with E-state index in [0.29, 0.717) is 18.1 Å². The maximum Gasteiger partial charge on any atom is 0.287 e. The van der Waals surface area contributed by atoms with Crippen LogP contribution in [0, 0.1) is 6.92 Å². The van der Waals surface area contributed by atoms with Crippen molar-refractivity contribution in [3.8, 4) is 0 Å². The van der Waals surface area contributed by atoms with E-state index < -0.39 is 0 Å². The van der Waals surface area contributed by atoms with Crippen LogP contribution >= 0.6 is 11.8 Å². The van der Waals surface area contributed by atoms with Gasteiger partial charge in [0.1, 0.15) is 0 Å². The molecule has 0 aliphatic carbocycles. The molecule has 1 heterocycles. The second-order valence-electron chi connectivity index (χ2n) is 5.54. The van der Waals surface area contributed by atoms with E-state index >= 15 is 0 Å². The number of amides is 1. The van der Waals surface area contributed by atoms with E-state index in [0.717, 1.165) is 11.1 Å². The van der Waals surface area contributed by atoms with Crippen LogP contribution in [-0.4, -0.2) is 5.91 Å². The fourth-order valence-corrected chi connectivity index (χ4v) is 3.19. The van der Waals surface area contributed by atoms with Crippen molar-refractivity contribution >= 4 is 17.7 Å². The van der Waals surface area contributed by atoms with Gasteiger partial charge in [-0.2, -0.15) is 0 Å². The molecular weight excluding hydrogens is 318 g/mol. The summed E-state index contributed by atoms with van der Waals surface area (Å²) in [6.07, 6.45) is 1.57. The van der Waals surface area contributed by atoms with E-state index in [9.17, 15) is 4.79 Å². The number of rotatable bonds is 6. The molecule has 0 bridgehead atoms. The fraction of sp³-hybridized carbons (Fsp3) is 0.150. The normalized spacial score (nSPS) is 10.5. The number of hydrogen-bond donors (Lipinski definition) is 1. The van der Waals surface area contributed by atoms with Gasteiger partial charge in [-0.1, -0.05) is 48.0 Å². The van der Waals surface area contributed by atoms with Crippen molar-refractivity contribution in [2.24, 2.45) is 0 Å². The minimum absolute atomic E-state index is 0.177. The molecule has 0 aliphatic rings. The molecule has 0 unspecified atom stereocenters. The Morgan fingerprint density at radius 3 is 2.54 bits per heavy atom. The second-order valence-corrected chi connectivity index (χ2v) is 6.59. The van der Waals surface area contributed by atoms with E-state index in [1.165, 1.54) is 10.5 Å². The first-order chi connectivity index (χ1) is 11.7. The predicted octanol–water partition coefficient (Wildman–Crippen LogP) is 4.81. The molecule has 122 valence electrons. The van der Waals surface area contributed by atoms with Gasteiger partial charge >= 0.3 is 0 Å². The van der Waals surface area contributed by atoms with E-state index in [4.69, 9.17) is 4.42 Å². The molecule has 0 spiro atoms. The molecule has 3 aromatic rings. The zero-order chi connectivity index (χ0) is 16.8. The molecule has 24 heavy (non-hydrogen) atoms. The maximum atomic E-state index is 12.4. The summed E-state index contributed by atoms with van der Waals surface area (Å²) in [5.74, 6) is 0.920. The Morgan fingerprint density at radius 2 is 1.79 bits per heavy atom. The number of nitrogens with one attached hydrogen (secondary N) is 1. The number of carbonyl (C=O) groups is 1. The van der Waals surface area contributed by atoms with Crippen molar-refractivity contribution in [3.05, 3.63) is 89.4 Å². The second kappa shape index (κ2) is 7.88. The van der Waals surface area contributed by atoms with Crippen LogP contribution in [0.3, 0.4) is 0 Å². The smallest absolute Gasteiger partial charge is 0.287 e. The molecule has 0 saturated heterocycles. The highest BCUT2D eigenvalue weighted by Gasteiger charge is 2.15. The van der Waals surface area contributed by atoms with Crippen LogP contribution < -0.4 is 5.32 Å². The minimum Gasteiger partial charge on any atom is -0.459 e. The number of carbonyl (C=O) groups excluding carboxylic acids is 1. The Bertz CT molecular complexity index is 794. The Morgan fingerprint density at radius 1 is 1.04 bits per heavy atom. The van der Waals surface area contributed by atoms with Gasteiger partial charge < -0.3 is 9.73 Å². The number of aryl methyl sites for hydroxylation is 1. The number of furan rings is 1. The average molecular weight is 337 g/mol. The van der Waals surface area contributed by atoms with Gasteiger partial charge in [0.05, 0.1) is 6.26 Å². The molecule has 3 nitrogen and oxygen atoms in total.